The Labute approximate surface area is 167 Å². The van der Waals surface area contributed by atoms with E-state index in [2.05, 4.69) is 27.2 Å². The van der Waals surface area contributed by atoms with Crippen LogP contribution in [-0.2, 0) is 28.8 Å². The van der Waals surface area contributed by atoms with Gasteiger partial charge in [0.1, 0.15) is 0 Å². The second-order valence-electron chi connectivity index (χ2n) is 6.11. The number of aryl methyl sites for hydroxylation is 2. The van der Waals surface area contributed by atoms with E-state index in [9.17, 15) is 9.59 Å². The molecule has 7 nitrogen and oxygen atoms in total. The Balaban J connectivity index is 1.76. The Kier molecular flexibility index (Phi) is 6.30. The van der Waals surface area contributed by atoms with Crippen LogP contribution in [0.1, 0.15) is 48.2 Å². The third-order valence-corrected chi connectivity index (χ3v) is 4.96. The molecule has 0 bridgehead atoms. The minimum absolute atomic E-state index is 0.0886. The first kappa shape index (κ1) is 19.9. The Morgan fingerprint density at radius 2 is 1.75 bits per heavy atom. The predicted octanol–water partition coefficient (Wildman–Crippen LogP) is 3.57. The maximum absolute atomic E-state index is 12.6. The highest BCUT2D eigenvalue weighted by atomic mass is 32.1. The molecule has 146 valence electrons. The SMILES string of the molecule is CCOC(=O)Cc1csc(NC(=O)c2ccc3nc(CC)c(CC)nc3c2)n1. The fourth-order valence-corrected chi connectivity index (χ4v) is 3.51. The van der Waals surface area contributed by atoms with Crippen molar-refractivity contribution >= 4 is 39.4 Å². The van der Waals surface area contributed by atoms with Gasteiger partial charge in [0.2, 0.25) is 0 Å². The average molecular weight is 398 g/mol. The van der Waals surface area contributed by atoms with Gasteiger partial charge in [-0.25, -0.2) is 15.0 Å². The number of anilines is 1. The summed E-state index contributed by atoms with van der Waals surface area (Å²) in [6.45, 7) is 6.19. The number of benzene rings is 1. The molecule has 2 aromatic heterocycles. The van der Waals surface area contributed by atoms with Gasteiger partial charge in [0.25, 0.3) is 5.91 Å². The predicted molar refractivity (Wildman–Crippen MR) is 109 cm³/mol. The number of nitrogens with zero attached hydrogens (tertiary/aromatic N) is 3. The van der Waals surface area contributed by atoms with Gasteiger partial charge in [-0.3, -0.25) is 14.9 Å². The van der Waals surface area contributed by atoms with Gasteiger partial charge in [0.15, 0.2) is 5.13 Å². The molecule has 1 N–H and O–H groups in total. The highest BCUT2D eigenvalue weighted by molar-refractivity contribution is 7.14. The van der Waals surface area contributed by atoms with Gasteiger partial charge in [-0.2, -0.15) is 0 Å². The molecule has 8 heteroatoms. The van der Waals surface area contributed by atoms with Crippen LogP contribution in [0.15, 0.2) is 23.6 Å². The quantitative estimate of drug-likeness (QED) is 0.612. The zero-order valence-electron chi connectivity index (χ0n) is 16.1. The van der Waals surface area contributed by atoms with Crippen LogP contribution in [0.5, 0.6) is 0 Å². The second kappa shape index (κ2) is 8.88. The molecule has 0 atom stereocenters. The molecule has 1 aromatic carbocycles. The van der Waals surface area contributed by atoms with E-state index in [0.717, 1.165) is 29.7 Å². The van der Waals surface area contributed by atoms with Gasteiger partial charge in [-0.15, -0.1) is 11.3 Å². The Morgan fingerprint density at radius 1 is 1.04 bits per heavy atom. The standard InChI is InChI=1S/C20H22N4O3S/c1-4-14-15(5-2)23-17-9-12(7-8-16(17)22-14)19(26)24-20-21-13(11-28-20)10-18(25)27-6-3/h7-9,11H,4-6,10H2,1-3H3,(H,21,24,26). The minimum atomic E-state index is -0.336. The van der Waals surface area contributed by atoms with Crippen LogP contribution in [0.2, 0.25) is 0 Å². The zero-order chi connectivity index (χ0) is 20.1. The van der Waals surface area contributed by atoms with Crippen molar-refractivity contribution in [2.24, 2.45) is 0 Å². The third-order valence-electron chi connectivity index (χ3n) is 4.15. The lowest BCUT2D eigenvalue weighted by Crippen LogP contribution is -2.12. The van der Waals surface area contributed by atoms with Crippen molar-refractivity contribution in [2.45, 2.75) is 40.0 Å². The van der Waals surface area contributed by atoms with E-state index in [0.29, 0.717) is 28.5 Å². The van der Waals surface area contributed by atoms with E-state index in [4.69, 9.17) is 4.74 Å². The van der Waals surface area contributed by atoms with Crippen molar-refractivity contribution in [3.05, 3.63) is 46.2 Å². The van der Waals surface area contributed by atoms with Crippen LogP contribution in [0.4, 0.5) is 5.13 Å². The number of nitrogens with one attached hydrogen (secondary N) is 1. The number of amides is 1. The lowest BCUT2D eigenvalue weighted by atomic mass is 10.1. The van der Waals surface area contributed by atoms with Crippen molar-refractivity contribution in [3.8, 4) is 0 Å². The van der Waals surface area contributed by atoms with Crippen LogP contribution < -0.4 is 5.32 Å². The molecular formula is C20H22N4O3S. The van der Waals surface area contributed by atoms with Crippen molar-refractivity contribution in [1.82, 2.24) is 15.0 Å². The fraction of sp³-hybridized carbons (Fsp3) is 0.350. The summed E-state index contributed by atoms with van der Waals surface area (Å²) in [7, 11) is 0. The fourth-order valence-electron chi connectivity index (χ4n) is 2.81. The summed E-state index contributed by atoms with van der Waals surface area (Å²) in [6.07, 6.45) is 1.71. The summed E-state index contributed by atoms with van der Waals surface area (Å²) >= 11 is 1.27. The van der Waals surface area contributed by atoms with Crippen LogP contribution in [0.3, 0.4) is 0 Å². The van der Waals surface area contributed by atoms with Crippen LogP contribution >= 0.6 is 11.3 Å². The number of rotatable bonds is 7. The molecule has 28 heavy (non-hydrogen) atoms. The molecule has 0 fully saturated rings. The molecule has 1 amide bonds. The summed E-state index contributed by atoms with van der Waals surface area (Å²) in [5.41, 5.74) is 4.47. The summed E-state index contributed by atoms with van der Waals surface area (Å²) < 4.78 is 4.91. The van der Waals surface area contributed by atoms with E-state index in [1.807, 2.05) is 13.0 Å². The van der Waals surface area contributed by atoms with E-state index >= 15 is 0 Å². The molecule has 3 rings (SSSR count). The van der Waals surface area contributed by atoms with Crippen molar-refractivity contribution < 1.29 is 14.3 Å². The first-order valence-electron chi connectivity index (χ1n) is 9.24. The summed E-state index contributed by atoms with van der Waals surface area (Å²) in [6, 6.07) is 5.28. The zero-order valence-corrected chi connectivity index (χ0v) is 16.9. The van der Waals surface area contributed by atoms with Crippen LogP contribution in [-0.4, -0.2) is 33.4 Å². The van der Waals surface area contributed by atoms with Gasteiger partial charge in [-0.05, 0) is 38.0 Å². The number of thiazole rings is 1. The Bertz CT molecular complexity index is 1020. The Morgan fingerprint density at radius 3 is 2.43 bits per heavy atom. The second-order valence-corrected chi connectivity index (χ2v) is 6.97. The largest absolute Gasteiger partial charge is 0.466 e. The summed E-state index contributed by atoms with van der Waals surface area (Å²) in [4.78, 5) is 37.7. The first-order chi connectivity index (χ1) is 13.5. The normalized spacial score (nSPS) is 10.8. The highest BCUT2D eigenvalue weighted by Gasteiger charge is 2.13. The smallest absolute Gasteiger partial charge is 0.311 e. The van der Waals surface area contributed by atoms with E-state index < -0.39 is 0 Å². The van der Waals surface area contributed by atoms with Gasteiger partial charge in [-0.1, -0.05) is 13.8 Å². The van der Waals surface area contributed by atoms with Gasteiger partial charge < -0.3 is 4.74 Å². The Hall–Kier alpha value is -2.87. The highest BCUT2D eigenvalue weighted by Crippen LogP contribution is 2.20. The third kappa shape index (κ3) is 4.51. The molecule has 0 aliphatic rings. The lowest BCUT2D eigenvalue weighted by Gasteiger charge is -2.08. The first-order valence-corrected chi connectivity index (χ1v) is 10.1. The van der Waals surface area contributed by atoms with Gasteiger partial charge >= 0.3 is 5.97 Å². The molecule has 0 aliphatic heterocycles. The number of fused-ring (bicyclic) bond motifs is 1. The maximum Gasteiger partial charge on any atom is 0.311 e. The number of ether oxygens (including phenoxy) is 1. The molecule has 0 unspecified atom stereocenters. The lowest BCUT2D eigenvalue weighted by molar-refractivity contribution is -0.142. The van der Waals surface area contributed by atoms with Crippen molar-refractivity contribution in [1.29, 1.82) is 0 Å². The monoisotopic (exact) mass is 398 g/mol. The van der Waals surface area contributed by atoms with Gasteiger partial charge in [0, 0.05) is 10.9 Å². The van der Waals surface area contributed by atoms with Crippen LogP contribution in [0.25, 0.3) is 11.0 Å². The summed E-state index contributed by atoms with van der Waals surface area (Å²) in [5, 5.41) is 4.94. The van der Waals surface area contributed by atoms with E-state index in [-0.39, 0.29) is 18.3 Å². The van der Waals surface area contributed by atoms with Crippen molar-refractivity contribution in [2.75, 3.05) is 11.9 Å². The van der Waals surface area contributed by atoms with E-state index in [1.54, 1.807) is 24.4 Å². The topological polar surface area (TPSA) is 94.1 Å². The maximum atomic E-state index is 12.6. The molecule has 0 aliphatic carbocycles. The van der Waals surface area contributed by atoms with E-state index in [1.165, 1.54) is 11.3 Å². The number of aromatic nitrogens is 3. The number of hydrogen-bond donors (Lipinski definition) is 1. The molecule has 0 saturated carbocycles. The molecule has 2 heterocycles. The van der Waals surface area contributed by atoms with Crippen LogP contribution in [0, 0.1) is 0 Å². The molecule has 0 radical (unpaired) electrons. The number of carbonyl (C=O) groups is 2. The number of esters is 1. The molecular weight excluding hydrogens is 376 g/mol. The number of hydrogen-bond acceptors (Lipinski definition) is 7. The van der Waals surface area contributed by atoms with Crippen molar-refractivity contribution in [3.63, 3.8) is 0 Å². The molecule has 0 spiro atoms. The molecule has 0 saturated heterocycles. The summed E-state index contributed by atoms with van der Waals surface area (Å²) in [5.74, 6) is -0.615. The molecule has 3 aromatic rings. The average Bonchev–Trinajstić information content (AvgIpc) is 3.12. The number of carbonyl (C=O) groups excluding carboxylic acids is 2. The minimum Gasteiger partial charge on any atom is -0.466 e. The van der Waals surface area contributed by atoms with Gasteiger partial charge in [0.05, 0.1) is 41.1 Å².